The summed E-state index contributed by atoms with van der Waals surface area (Å²) in [5, 5.41) is 3.72. The molecule has 0 bridgehead atoms. The molecule has 1 aliphatic rings. The van der Waals surface area contributed by atoms with Gasteiger partial charge in [-0.25, -0.2) is 14.2 Å². The third-order valence-electron chi connectivity index (χ3n) is 8.50. The van der Waals surface area contributed by atoms with Gasteiger partial charge in [-0.2, -0.15) is 0 Å². The van der Waals surface area contributed by atoms with Crippen LogP contribution in [0.15, 0.2) is 83.6 Å². The van der Waals surface area contributed by atoms with E-state index < -0.39 is 23.9 Å². The van der Waals surface area contributed by atoms with Crippen molar-refractivity contribution in [3.05, 3.63) is 122 Å². The average Bonchev–Trinajstić information content (AvgIpc) is 3.56. The highest BCUT2D eigenvalue weighted by molar-refractivity contribution is 9.10. The molecule has 5 aromatic rings. The molecule has 6 nitrogen and oxygen atoms in total. The summed E-state index contributed by atoms with van der Waals surface area (Å²) >= 11 is 16.3. The molecule has 1 N–H and O–H groups in total. The molecule has 0 aliphatic heterocycles. The standard InChI is InChI=1S/C36H31BrCl2FN3O3/c1-19(2)14-31(42-36(45)46-18-28-24-10-6-4-8-22(24)23-9-5-7-11-25(23)28)35(44)43-17-27(26-15-21(37)16-41-34(26)43)20(3)32-29(38)12-13-30(40)33(32)39/h4-13,15-17,19-20,28,31H,14,18H2,1-3H3,(H,42,45). The number of aromatic nitrogens is 2. The lowest BCUT2D eigenvalue weighted by molar-refractivity contribution is 0.0829. The molecule has 1 amide bonds. The number of nitrogens with zero attached hydrogens (tertiary/aromatic N) is 2. The summed E-state index contributed by atoms with van der Waals surface area (Å²) in [4.78, 5) is 32.0. The number of ether oxygens (including phenoxy) is 1. The predicted molar refractivity (Wildman–Crippen MR) is 183 cm³/mol. The van der Waals surface area contributed by atoms with Crippen molar-refractivity contribution >= 4 is 62.2 Å². The number of carbonyl (C=O) groups excluding carboxylic acids is 2. The summed E-state index contributed by atoms with van der Waals surface area (Å²) in [5.41, 5.74) is 5.93. The third-order valence-corrected chi connectivity index (χ3v) is 9.65. The normalized spacial score (nSPS) is 13.8. The molecule has 1 aliphatic carbocycles. The Hall–Kier alpha value is -3.72. The zero-order valence-electron chi connectivity index (χ0n) is 25.4. The minimum atomic E-state index is -0.902. The van der Waals surface area contributed by atoms with E-state index in [9.17, 15) is 14.0 Å². The molecular weight excluding hydrogens is 692 g/mol. The van der Waals surface area contributed by atoms with E-state index in [2.05, 4.69) is 50.5 Å². The van der Waals surface area contributed by atoms with Gasteiger partial charge in [0.2, 0.25) is 0 Å². The SMILES string of the molecule is CC(C)CC(NC(=O)OCC1c2ccccc2-c2ccccc21)C(=O)n1cc(C(C)c2c(Cl)ccc(F)c2Cl)c2cc(Br)cnc21. The van der Waals surface area contributed by atoms with Gasteiger partial charge in [-0.15, -0.1) is 0 Å². The fraction of sp³-hybridized carbons (Fsp3) is 0.250. The first kappa shape index (κ1) is 32.2. The molecule has 6 rings (SSSR count). The van der Waals surface area contributed by atoms with E-state index in [1.54, 1.807) is 12.4 Å². The first-order valence-corrected chi connectivity index (χ1v) is 16.6. The van der Waals surface area contributed by atoms with Crippen molar-refractivity contribution in [3.8, 4) is 11.1 Å². The van der Waals surface area contributed by atoms with Gasteiger partial charge in [0, 0.05) is 39.1 Å². The van der Waals surface area contributed by atoms with Gasteiger partial charge in [0.15, 0.2) is 0 Å². The van der Waals surface area contributed by atoms with Crippen molar-refractivity contribution in [1.29, 1.82) is 0 Å². The van der Waals surface area contributed by atoms with Crippen molar-refractivity contribution in [1.82, 2.24) is 14.9 Å². The number of rotatable bonds is 8. The zero-order valence-corrected chi connectivity index (χ0v) is 28.5. The molecule has 0 saturated carbocycles. The van der Waals surface area contributed by atoms with Crippen LogP contribution in [0, 0.1) is 11.7 Å². The van der Waals surface area contributed by atoms with Crippen LogP contribution in [-0.4, -0.2) is 34.2 Å². The predicted octanol–water partition coefficient (Wildman–Crippen LogP) is 9.99. The van der Waals surface area contributed by atoms with Crippen molar-refractivity contribution in [3.63, 3.8) is 0 Å². The van der Waals surface area contributed by atoms with Crippen molar-refractivity contribution in [2.24, 2.45) is 5.92 Å². The fourth-order valence-electron chi connectivity index (χ4n) is 6.36. The molecule has 2 aromatic heterocycles. The van der Waals surface area contributed by atoms with Crippen LogP contribution in [0.25, 0.3) is 22.2 Å². The number of carbonyl (C=O) groups is 2. The van der Waals surface area contributed by atoms with E-state index in [1.807, 2.05) is 51.1 Å². The van der Waals surface area contributed by atoms with E-state index in [0.717, 1.165) is 22.3 Å². The first-order chi connectivity index (χ1) is 22.0. The average molecular weight is 723 g/mol. The van der Waals surface area contributed by atoms with Crippen LogP contribution < -0.4 is 5.32 Å². The zero-order chi connectivity index (χ0) is 32.7. The lowest BCUT2D eigenvalue weighted by Crippen LogP contribution is -2.44. The van der Waals surface area contributed by atoms with Crippen molar-refractivity contribution < 1.29 is 18.7 Å². The topological polar surface area (TPSA) is 73.2 Å². The summed E-state index contributed by atoms with van der Waals surface area (Å²) in [6.45, 7) is 5.92. The third kappa shape index (κ3) is 6.06. The lowest BCUT2D eigenvalue weighted by atomic mass is 9.93. The molecule has 0 saturated heterocycles. The van der Waals surface area contributed by atoms with E-state index in [-0.39, 0.29) is 29.4 Å². The maximum atomic E-state index is 14.5. The lowest BCUT2D eigenvalue weighted by Gasteiger charge is -2.21. The van der Waals surface area contributed by atoms with E-state index in [4.69, 9.17) is 27.9 Å². The van der Waals surface area contributed by atoms with Gasteiger partial charge in [0.1, 0.15) is 24.1 Å². The van der Waals surface area contributed by atoms with E-state index >= 15 is 0 Å². The Morgan fingerprint density at radius 1 is 1.02 bits per heavy atom. The summed E-state index contributed by atoms with van der Waals surface area (Å²) in [7, 11) is 0. The highest BCUT2D eigenvalue weighted by Crippen LogP contribution is 2.44. The van der Waals surface area contributed by atoms with Crippen LogP contribution in [-0.2, 0) is 4.74 Å². The number of pyridine rings is 1. The van der Waals surface area contributed by atoms with Gasteiger partial charge in [-0.05, 0) is 79.8 Å². The summed E-state index contributed by atoms with van der Waals surface area (Å²) in [6, 6.07) is 19.8. The summed E-state index contributed by atoms with van der Waals surface area (Å²) in [6.07, 6.45) is 2.95. The second kappa shape index (κ2) is 13.2. The minimum Gasteiger partial charge on any atom is -0.449 e. The Balaban J connectivity index is 1.28. The Morgan fingerprint density at radius 2 is 1.67 bits per heavy atom. The van der Waals surface area contributed by atoms with Crippen LogP contribution in [0.1, 0.15) is 66.1 Å². The summed E-state index contributed by atoms with van der Waals surface area (Å²) < 4.78 is 22.4. The quantitative estimate of drug-likeness (QED) is 0.162. The van der Waals surface area contributed by atoms with E-state index in [0.29, 0.717) is 38.1 Å². The van der Waals surface area contributed by atoms with Crippen LogP contribution in [0.3, 0.4) is 0 Å². The van der Waals surface area contributed by atoms with Gasteiger partial charge in [0.05, 0.1) is 5.02 Å². The van der Waals surface area contributed by atoms with Crippen LogP contribution in [0.5, 0.6) is 0 Å². The molecule has 2 atom stereocenters. The number of alkyl carbamates (subject to hydrolysis) is 1. The molecule has 2 unspecified atom stereocenters. The Kier molecular flexibility index (Phi) is 9.24. The molecule has 10 heteroatoms. The second-order valence-corrected chi connectivity index (χ2v) is 13.6. The largest absolute Gasteiger partial charge is 0.449 e. The number of halogens is 4. The maximum absolute atomic E-state index is 14.5. The van der Waals surface area contributed by atoms with Crippen LogP contribution in [0.4, 0.5) is 9.18 Å². The van der Waals surface area contributed by atoms with Gasteiger partial charge in [-0.3, -0.25) is 9.36 Å². The number of fused-ring (bicyclic) bond motifs is 4. The maximum Gasteiger partial charge on any atom is 0.407 e. The molecule has 46 heavy (non-hydrogen) atoms. The van der Waals surface area contributed by atoms with E-state index in [1.165, 1.54) is 16.7 Å². The van der Waals surface area contributed by atoms with Crippen molar-refractivity contribution in [2.75, 3.05) is 6.61 Å². The van der Waals surface area contributed by atoms with Gasteiger partial charge < -0.3 is 10.1 Å². The van der Waals surface area contributed by atoms with Crippen LogP contribution in [0.2, 0.25) is 10.0 Å². The van der Waals surface area contributed by atoms with Gasteiger partial charge in [-0.1, -0.05) is 92.5 Å². The highest BCUT2D eigenvalue weighted by Gasteiger charge is 2.32. The number of hydrogen-bond donors (Lipinski definition) is 1. The minimum absolute atomic E-state index is 0.0788. The number of benzene rings is 3. The number of amides is 1. The molecule has 0 spiro atoms. The molecule has 3 aromatic carbocycles. The molecular formula is C36H31BrCl2FN3O3. The van der Waals surface area contributed by atoms with Crippen molar-refractivity contribution in [2.45, 2.75) is 45.1 Å². The fourth-order valence-corrected chi connectivity index (χ4v) is 7.39. The number of nitrogens with one attached hydrogen (secondary N) is 1. The summed E-state index contributed by atoms with van der Waals surface area (Å²) in [5.74, 6) is -1.48. The molecule has 0 radical (unpaired) electrons. The van der Waals surface area contributed by atoms with Gasteiger partial charge in [0.25, 0.3) is 5.91 Å². The Bertz CT molecular complexity index is 1930. The Labute approximate surface area is 285 Å². The van der Waals surface area contributed by atoms with Crippen LogP contribution >= 0.6 is 39.1 Å². The molecule has 2 heterocycles. The smallest absolute Gasteiger partial charge is 0.407 e. The number of hydrogen-bond acceptors (Lipinski definition) is 4. The first-order valence-electron chi connectivity index (χ1n) is 15.0. The highest BCUT2D eigenvalue weighted by atomic mass is 79.9. The van der Waals surface area contributed by atoms with Gasteiger partial charge >= 0.3 is 6.09 Å². The second-order valence-electron chi connectivity index (χ2n) is 11.9. The molecule has 0 fully saturated rings. The molecule has 236 valence electrons. The Morgan fingerprint density at radius 3 is 2.33 bits per heavy atom. The monoisotopic (exact) mass is 721 g/mol.